The first-order chi connectivity index (χ1) is 12.0. The number of piperazine rings is 1. The number of halogens is 5. The molecule has 1 aliphatic rings. The van der Waals surface area contributed by atoms with E-state index in [0.717, 1.165) is 5.39 Å². The molecule has 10 heteroatoms. The highest BCUT2D eigenvalue weighted by atomic mass is 35.5. The minimum atomic E-state index is -4.41. The third kappa shape index (κ3) is 5.68. The highest BCUT2D eigenvalue weighted by molar-refractivity contribution is 6.05. The summed E-state index contributed by atoms with van der Waals surface area (Å²) in [6, 6.07) is 7.20. The van der Waals surface area contributed by atoms with Gasteiger partial charge in [0.1, 0.15) is 11.7 Å². The first-order valence-electron chi connectivity index (χ1n) is 8.10. The third-order valence-electron chi connectivity index (χ3n) is 4.31. The van der Waals surface area contributed by atoms with E-state index >= 15 is 0 Å². The summed E-state index contributed by atoms with van der Waals surface area (Å²) < 4.78 is 40.1. The number of nitrogens with zero attached hydrogens (tertiary/aromatic N) is 2. The lowest BCUT2D eigenvalue weighted by Gasteiger charge is -2.35. The van der Waals surface area contributed by atoms with Crippen molar-refractivity contribution in [1.82, 2.24) is 20.5 Å². The SMILES string of the molecule is Cl.Cl.O=C(NCC(N1CCNCC1)C(F)(F)F)c1nccc2ccccc12. The summed E-state index contributed by atoms with van der Waals surface area (Å²) in [5, 5.41) is 6.87. The summed E-state index contributed by atoms with van der Waals surface area (Å²) in [6.07, 6.45) is -2.93. The van der Waals surface area contributed by atoms with E-state index in [1.54, 1.807) is 18.2 Å². The lowest BCUT2D eigenvalue weighted by molar-refractivity contribution is -0.183. The molecule has 1 aromatic heterocycles. The molecule has 27 heavy (non-hydrogen) atoms. The second-order valence-corrected chi connectivity index (χ2v) is 5.93. The number of hydrogen-bond acceptors (Lipinski definition) is 4. The first-order valence-corrected chi connectivity index (χ1v) is 8.10. The fraction of sp³-hybridized carbons (Fsp3) is 0.412. The zero-order valence-corrected chi connectivity index (χ0v) is 16.0. The summed E-state index contributed by atoms with van der Waals surface area (Å²) in [6.45, 7) is 1.11. The molecule has 1 aromatic carbocycles. The average molecular weight is 425 g/mol. The highest BCUT2D eigenvalue weighted by Gasteiger charge is 2.43. The van der Waals surface area contributed by atoms with Crippen LogP contribution in [0, 0.1) is 0 Å². The molecule has 1 atom stereocenters. The van der Waals surface area contributed by atoms with Crippen LogP contribution in [0.1, 0.15) is 10.5 Å². The number of carbonyl (C=O) groups is 1. The topological polar surface area (TPSA) is 57.3 Å². The number of carbonyl (C=O) groups excluding carboxylic acids is 1. The molecule has 150 valence electrons. The summed E-state index contributed by atoms with van der Waals surface area (Å²) in [5.74, 6) is -0.596. The number of amides is 1. The molecule has 0 aliphatic carbocycles. The van der Waals surface area contributed by atoms with Crippen LogP contribution in [0.4, 0.5) is 13.2 Å². The lowest BCUT2D eigenvalue weighted by Crippen LogP contribution is -2.57. The molecule has 0 spiro atoms. The molecule has 0 bridgehead atoms. The van der Waals surface area contributed by atoms with E-state index in [4.69, 9.17) is 0 Å². The van der Waals surface area contributed by atoms with E-state index in [0.29, 0.717) is 31.6 Å². The van der Waals surface area contributed by atoms with Crippen molar-refractivity contribution in [1.29, 1.82) is 0 Å². The van der Waals surface area contributed by atoms with E-state index in [-0.39, 0.29) is 30.5 Å². The van der Waals surface area contributed by atoms with Crippen LogP contribution in [0.15, 0.2) is 36.5 Å². The molecular formula is C17H21Cl2F3N4O. The fourth-order valence-electron chi connectivity index (χ4n) is 3.02. The van der Waals surface area contributed by atoms with Gasteiger partial charge in [0.2, 0.25) is 0 Å². The number of nitrogens with one attached hydrogen (secondary N) is 2. The largest absolute Gasteiger partial charge is 0.405 e. The van der Waals surface area contributed by atoms with E-state index < -0.39 is 24.7 Å². The van der Waals surface area contributed by atoms with Crippen LogP contribution in [-0.2, 0) is 0 Å². The van der Waals surface area contributed by atoms with Gasteiger partial charge in [-0.25, -0.2) is 0 Å². The van der Waals surface area contributed by atoms with Crippen molar-refractivity contribution in [2.24, 2.45) is 0 Å². The van der Waals surface area contributed by atoms with Crippen LogP contribution in [0.3, 0.4) is 0 Å². The number of alkyl halides is 3. The Labute approximate surface area is 167 Å². The summed E-state index contributed by atoms with van der Waals surface area (Å²) >= 11 is 0. The summed E-state index contributed by atoms with van der Waals surface area (Å²) in [7, 11) is 0. The van der Waals surface area contributed by atoms with Crippen molar-refractivity contribution in [2.75, 3.05) is 32.7 Å². The Morgan fingerprint density at radius 1 is 1.19 bits per heavy atom. The minimum absolute atomic E-state index is 0. The monoisotopic (exact) mass is 424 g/mol. The summed E-state index contributed by atoms with van der Waals surface area (Å²) in [4.78, 5) is 17.8. The lowest BCUT2D eigenvalue weighted by atomic mass is 10.1. The molecule has 5 nitrogen and oxygen atoms in total. The Kier molecular flexibility index (Phi) is 8.74. The van der Waals surface area contributed by atoms with Gasteiger partial charge in [-0.1, -0.05) is 24.3 Å². The number of rotatable bonds is 4. The fourth-order valence-corrected chi connectivity index (χ4v) is 3.02. The number of hydrogen-bond donors (Lipinski definition) is 2. The maximum absolute atomic E-state index is 13.4. The quantitative estimate of drug-likeness (QED) is 0.791. The number of pyridine rings is 1. The molecule has 2 N–H and O–H groups in total. The molecule has 1 aliphatic heterocycles. The molecular weight excluding hydrogens is 404 g/mol. The van der Waals surface area contributed by atoms with Crippen molar-refractivity contribution in [3.8, 4) is 0 Å². The first kappa shape index (κ1) is 23.4. The van der Waals surface area contributed by atoms with E-state index in [1.807, 2.05) is 12.1 Å². The van der Waals surface area contributed by atoms with Gasteiger partial charge in [-0.15, -0.1) is 24.8 Å². The van der Waals surface area contributed by atoms with Gasteiger partial charge in [0, 0.05) is 44.3 Å². The van der Waals surface area contributed by atoms with Crippen molar-refractivity contribution < 1.29 is 18.0 Å². The Morgan fingerprint density at radius 2 is 1.85 bits per heavy atom. The van der Waals surface area contributed by atoms with Gasteiger partial charge in [0.25, 0.3) is 5.91 Å². The van der Waals surface area contributed by atoms with Crippen LogP contribution in [-0.4, -0.2) is 60.7 Å². The third-order valence-corrected chi connectivity index (χ3v) is 4.31. The van der Waals surface area contributed by atoms with Crippen molar-refractivity contribution in [2.45, 2.75) is 12.2 Å². The molecule has 1 saturated heterocycles. The normalized spacial score (nSPS) is 16.1. The number of aromatic nitrogens is 1. The Morgan fingerprint density at radius 3 is 2.52 bits per heavy atom. The van der Waals surface area contributed by atoms with Crippen molar-refractivity contribution >= 4 is 41.5 Å². The van der Waals surface area contributed by atoms with Crippen LogP contribution in [0.25, 0.3) is 10.8 Å². The summed E-state index contributed by atoms with van der Waals surface area (Å²) in [5.41, 5.74) is 0.138. The van der Waals surface area contributed by atoms with Crippen LogP contribution in [0.2, 0.25) is 0 Å². The van der Waals surface area contributed by atoms with Gasteiger partial charge in [0.15, 0.2) is 0 Å². The van der Waals surface area contributed by atoms with Crippen molar-refractivity contribution in [3.05, 3.63) is 42.2 Å². The second kappa shape index (κ2) is 10.1. The Hall–Kier alpha value is -1.61. The molecule has 3 rings (SSSR count). The van der Waals surface area contributed by atoms with Crippen molar-refractivity contribution in [3.63, 3.8) is 0 Å². The predicted molar refractivity (Wildman–Crippen MR) is 103 cm³/mol. The van der Waals surface area contributed by atoms with Gasteiger partial charge >= 0.3 is 6.18 Å². The van der Waals surface area contributed by atoms with Gasteiger partial charge in [-0.3, -0.25) is 14.7 Å². The Bertz CT molecular complexity index is 749. The molecule has 2 heterocycles. The zero-order chi connectivity index (χ0) is 17.9. The van der Waals surface area contributed by atoms with Gasteiger partial charge in [-0.2, -0.15) is 13.2 Å². The second-order valence-electron chi connectivity index (χ2n) is 5.93. The number of benzene rings is 1. The molecule has 1 unspecified atom stereocenters. The van der Waals surface area contributed by atoms with Gasteiger partial charge < -0.3 is 10.6 Å². The molecule has 1 fully saturated rings. The maximum Gasteiger partial charge on any atom is 0.405 e. The van der Waals surface area contributed by atoms with Crippen LogP contribution >= 0.6 is 24.8 Å². The highest BCUT2D eigenvalue weighted by Crippen LogP contribution is 2.25. The maximum atomic E-state index is 13.4. The molecule has 2 aromatic rings. The Balaban J connectivity index is 0.00000182. The molecule has 1 amide bonds. The smallest absolute Gasteiger partial charge is 0.349 e. The van der Waals surface area contributed by atoms with E-state index in [1.165, 1.54) is 11.1 Å². The minimum Gasteiger partial charge on any atom is -0.349 e. The predicted octanol–water partition coefficient (Wildman–Crippen LogP) is 2.64. The number of fused-ring (bicyclic) bond motifs is 1. The van der Waals surface area contributed by atoms with E-state index in [2.05, 4.69) is 15.6 Å². The standard InChI is InChI=1S/C17H19F3N4O.2ClH/c18-17(19,20)14(24-9-7-21-8-10-24)11-23-16(25)15-13-4-2-1-3-12(13)5-6-22-15;;/h1-6,14,21H,7-11H2,(H,23,25);2*1H. The molecule has 0 radical (unpaired) electrons. The van der Waals surface area contributed by atoms with Crippen LogP contribution in [0.5, 0.6) is 0 Å². The van der Waals surface area contributed by atoms with E-state index in [9.17, 15) is 18.0 Å². The zero-order valence-electron chi connectivity index (χ0n) is 14.3. The average Bonchev–Trinajstić information content (AvgIpc) is 2.61. The van der Waals surface area contributed by atoms with Crippen LogP contribution < -0.4 is 10.6 Å². The van der Waals surface area contributed by atoms with Gasteiger partial charge in [0.05, 0.1) is 0 Å². The van der Waals surface area contributed by atoms with Gasteiger partial charge in [-0.05, 0) is 11.5 Å². The molecule has 0 saturated carbocycles.